The second-order valence-corrected chi connectivity index (χ2v) is 7.91. The first-order valence-electron chi connectivity index (χ1n) is 7.17. The largest absolute Gasteiger partial charge is 0.478 e. The average molecular weight is 395 g/mol. The normalized spacial score (nSPS) is 11.4. The van der Waals surface area contributed by atoms with Gasteiger partial charge < -0.3 is 4.74 Å². The Bertz CT molecular complexity index is 1100. The summed E-state index contributed by atoms with van der Waals surface area (Å²) in [6, 6.07) is 11.4. The molecule has 0 unspecified atom stereocenters. The lowest BCUT2D eigenvalue weighted by Gasteiger charge is -2.11. The highest BCUT2D eigenvalue weighted by Crippen LogP contribution is 2.39. The number of nitriles is 1. The molecule has 0 fully saturated rings. The number of halogens is 2. The minimum atomic E-state index is -3.86. The van der Waals surface area contributed by atoms with E-state index in [9.17, 15) is 8.42 Å². The van der Waals surface area contributed by atoms with Crippen molar-refractivity contribution in [2.75, 3.05) is 6.61 Å². The van der Waals surface area contributed by atoms with Crippen LogP contribution in [0.4, 0.5) is 0 Å². The SMILES string of the molecule is Cc1ccc(S(=O)(=O)n2ccc3c(OCC#N)cc(Cl)c(Cl)c32)cc1. The zero-order valence-electron chi connectivity index (χ0n) is 13.0. The Hall–Kier alpha value is -2.20. The van der Waals surface area contributed by atoms with Gasteiger partial charge in [0.1, 0.15) is 11.8 Å². The van der Waals surface area contributed by atoms with Crippen LogP contribution in [0.15, 0.2) is 47.5 Å². The monoisotopic (exact) mass is 394 g/mol. The molecule has 1 aromatic heterocycles. The first kappa shape index (κ1) is 17.6. The van der Waals surface area contributed by atoms with E-state index in [2.05, 4.69) is 0 Å². The lowest BCUT2D eigenvalue weighted by molar-refractivity contribution is 0.372. The molecule has 0 atom stereocenters. The topological polar surface area (TPSA) is 72.1 Å². The van der Waals surface area contributed by atoms with E-state index < -0.39 is 10.0 Å². The summed E-state index contributed by atoms with van der Waals surface area (Å²) in [7, 11) is -3.86. The highest BCUT2D eigenvalue weighted by atomic mass is 35.5. The minimum absolute atomic E-state index is 0.0988. The first-order chi connectivity index (χ1) is 11.9. The molecule has 1 heterocycles. The van der Waals surface area contributed by atoms with Gasteiger partial charge in [-0.3, -0.25) is 0 Å². The number of nitrogens with zero attached hydrogens (tertiary/aromatic N) is 2. The van der Waals surface area contributed by atoms with E-state index >= 15 is 0 Å². The summed E-state index contributed by atoms with van der Waals surface area (Å²) in [5.74, 6) is 0.295. The molecule has 0 amide bonds. The Morgan fingerprint density at radius 1 is 1.20 bits per heavy atom. The molecule has 0 saturated heterocycles. The molecule has 3 aromatic rings. The summed E-state index contributed by atoms with van der Waals surface area (Å²) >= 11 is 12.4. The maximum Gasteiger partial charge on any atom is 0.268 e. The van der Waals surface area contributed by atoms with E-state index in [0.717, 1.165) is 9.54 Å². The van der Waals surface area contributed by atoms with E-state index in [-0.39, 0.29) is 27.1 Å². The van der Waals surface area contributed by atoms with Crippen LogP contribution in [0.5, 0.6) is 5.75 Å². The van der Waals surface area contributed by atoms with Gasteiger partial charge in [0.25, 0.3) is 10.0 Å². The number of hydrogen-bond acceptors (Lipinski definition) is 4. The van der Waals surface area contributed by atoms with Crippen LogP contribution in [0.1, 0.15) is 5.56 Å². The maximum atomic E-state index is 13.0. The molecule has 3 rings (SSSR count). The van der Waals surface area contributed by atoms with Crippen LogP contribution in [-0.4, -0.2) is 19.0 Å². The van der Waals surface area contributed by atoms with E-state index in [4.69, 9.17) is 33.2 Å². The molecule has 25 heavy (non-hydrogen) atoms. The highest BCUT2D eigenvalue weighted by molar-refractivity contribution is 7.90. The van der Waals surface area contributed by atoms with Gasteiger partial charge >= 0.3 is 0 Å². The van der Waals surface area contributed by atoms with E-state index in [1.807, 2.05) is 13.0 Å². The number of hydrogen-bond donors (Lipinski definition) is 0. The Labute approximate surface area is 155 Å². The van der Waals surface area contributed by atoms with Crippen molar-refractivity contribution in [1.82, 2.24) is 3.97 Å². The standard InChI is InChI=1S/C17H12Cl2N2O3S/c1-11-2-4-12(5-3-11)25(22,23)21-8-6-13-15(24-9-7-20)10-14(18)16(19)17(13)21/h2-6,8,10H,9H2,1H3. The number of rotatable bonds is 4. The number of ether oxygens (including phenoxy) is 1. The second kappa shape index (κ2) is 6.60. The van der Waals surface area contributed by atoms with Gasteiger partial charge in [0.05, 0.1) is 20.5 Å². The van der Waals surface area contributed by atoms with Gasteiger partial charge in [-0.05, 0) is 25.1 Å². The number of benzene rings is 2. The summed E-state index contributed by atoms with van der Waals surface area (Å²) in [5.41, 5.74) is 1.16. The summed E-state index contributed by atoms with van der Waals surface area (Å²) in [5, 5.41) is 9.39. The van der Waals surface area contributed by atoms with Crippen LogP contribution >= 0.6 is 23.2 Å². The molecule has 0 aliphatic heterocycles. The molecule has 0 spiro atoms. The third kappa shape index (κ3) is 3.07. The van der Waals surface area contributed by atoms with Crippen molar-refractivity contribution in [1.29, 1.82) is 5.26 Å². The van der Waals surface area contributed by atoms with Crippen LogP contribution in [0.25, 0.3) is 10.9 Å². The number of aromatic nitrogens is 1. The quantitative estimate of drug-likeness (QED) is 0.657. The van der Waals surface area contributed by atoms with Crippen LogP contribution in [0, 0.1) is 18.3 Å². The average Bonchev–Trinajstić information content (AvgIpc) is 3.03. The third-order valence-corrected chi connectivity index (χ3v) is 6.13. The van der Waals surface area contributed by atoms with E-state index in [1.165, 1.54) is 24.4 Å². The Morgan fingerprint density at radius 2 is 1.88 bits per heavy atom. The molecule has 0 aliphatic rings. The molecule has 0 saturated carbocycles. The van der Waals surface area contributed by atoms with Crippen LogP contribution in [-0.2, 0) is 10.0 Å². The van der Waals surface area contributed by atoms with E-state index in [1.54, 1.807) is 18.2 Å². The van der Waals surface area contributed by atoms with Gasteiger partial charge in [0.15, 0.2) is 6.61 Å². The predicted octanol–water partition coefficient (Wildman–Crippen LogP) is 4.40. The van der Waals surface area contributed by atoms with Crippen molar-refractivity contribution in [2.24, 2.45) is 0 Å². The summed E-state index contributed by atoms with van der Waals surface area (Å²) in [4.78, 5) is 0.131. The van der Waals surface area contributed by atoms with Gasteiger partial charge in [0, 0.05) is 17.6 Å². The lowest BCUT2D eigenvalue weighted by Crippen LogP contribution is -2.12. The van der Waals surface area contributed by atoms with Gasteiger partial charge in [0.2, 0.25) is 0 Å². The van der Waals surface area contributed by atoms with Gasteiger partial charge in [-0.25, -0.2) is 12.4 Å². The van der Waals surface area contributed by atoms with Crippen molar-refractivity contribution in [3.63, 3.8) is 0 Å². The molecule has 0 bridgehead atoms. The second-order valence-electron chi connectivity index (χ2n) is 5.31. The lowest BCUT2D eigenvalue weighted by atomic mass is 10.2. The zero-order valence-corrected chi connectivity index (χ0v) is 15.4. The Morgan fingerprint density at radius 3 is 2.52 bits per heavy atom. The molecule has 5 nitrogen and oxygen atoms in total. The smallest absolute Gasteiger partial charge is 0.268 e. The summed E-state index contributed by atoms with van der Waals surface area (Å²) in [6.07, 6.45) is 1.39. The van der Waals surface area contributed by atoms with Crippen LogP contribution in [0.3, 0.4) is 0 Å². The molecule has 0 aliphatic carbocycles. The molecule has 8 heteroatoms. The molecule has 0 radical (unpaired) electrons. The number of aryl methyl sites for hydroxylation is 1. The van der Waals surface area contributed by atoms with Crippen molar-refractivity contribution >= 4 is 44.1 Å². The third-order valence-electron chi connectivity index (χ3n) is 3.66. The van der Waals surface area contributed by atoms with Gasteiger partial charge in [-0.15, -0.1) is 0 Å². The van der Waals surface area contributed by atoms with E-state index in [0.29, 0.717) is 11.1 Å². The predicted molar refractivity (Wildman–Crippen MR) is 96.8 cm³/mol. The molecular weight excluding hydrogens is 383 g/mol. The summed E-state index contributed by atoms with van der Waals surface area (Å²) < 4.78 is 32.4. The Kier molecular flexibility index (Phi) is 4.65. The van der Waals surface area contributed by atoms with Crippen LogP contribution < -0.4 is 4.74 Å². The molecule has 0 N–H and O–H groups in total. The summed E-state index contributed by atoms with van der Waals surface area (Å²) in [6.45, 7) is 1.68. The first-order valence-corrected chi connectivity index (χ1v) is 9.37. The van der Waals surface area contributed by atoms with Gasteiger partial charge in [-0.2, -0.15) is 5.26 Å². The van der Waals surface area contributed by atoms with Crippen molar-refractivity contribution < 1.29 is 13.2 Å². The van der Waals surface area contributed by atoms with Gasteiger partial charge in [-0.1, -0.05) is 40.9 Å². The maximum absolute atomic E-state index is 13.0. The van der Waals surface area contributed by atoms with Crippen molar-refractivity contribution in [3.8, 4) is 11.8 Å². The fourth-order valence-corrected chi connectivity index (χ4v) is 4.30. The zero-order chi connectivity index (χ0) is 18.2. The molecular formula is C17H12Cl2N2O3S. The fourth-order valence-electron chi connectivity index (χ4n) is 2.45. The fraction of sp³-hybridized carbons (Fsp3) is 0.118. The minimum Gasteiger partial charge on any atom is -0.478 e. The van der Waals surface area contributed by atoms with Crippen LogP contribution in [0.2, 0.25) is 10.0 Å². The molecule has 2 aromatic carbocycles. The highest BCUT2D eigenvalue weighted by Gasteiger charge is 2.23. The molecule has 128 valence electrons. The Balaban J connectivity index is 2.26. The van der Waals surface area contributed by atoms with Crippen molar-refractivity contribution in [3.05, 3.63) is 58.2 Å². The number of fused-ring (bicyclic) bond motifs is 1. The van der Waals surface area contributed by atoms with Crippen molar-refractivity contribution in [2.45, 2.75) is 11.8 Å².